The quantitative estimate of drug-likeness (QED) is 0.611. The fourth-order valence-corrected chi connectivity index (χ4v) is 2.28. The number of hydrogen-bond donors (Lipinski definition) is 2. The highest BCUT2D eigenvalue weighted by molar-refractivity contribution is 7.11. The molecule has 0 radical (unpaired) electrons. The van der Waals surface area contributed by atoms with Gasteiger partial charge in [-0.15, -0.1) is 11.3 Å². The van der Waals surface area contributed by atoms with Crippen molar-refractivity contribution in [2.45, 2.75) is 20.0 Å². The van der Waals surface area contributed by atoms with Crippen molar-refractivity contribution in [3.05, 3.63) is 38.6 Å². The van der Waals surface area contributed by atoms with Gasteiger partial charge in [-0.25, -0.2) is 9.78 Å². The first-order chi connectivity index (χ1) is 10.0. The van der Waals surface area contributed by atoms with Crippen LogP contribution in [0.25, 0.3) is 0 Å². The molecule has 2 heterocycles. The lowest BCUT2D eigenvalue weighted by Gasteiger charge is -2.06. The summed E-state index contributed by atoms with van der Waals surface area (Å²) in [6, 6.07) is -0.315. The normalized spacial score (nSPS) is 10.3. The molecule has 0 fully saturated rings. The number of aromatic nitrogens is 3. The summed E-state index contributed by atoms with van der Waals surface area (Å²) in [5, 5.41) is 20.5. The first-order valence-electron chi connectivity index (χ1n) is 6.14. The number of thiazole rings is 1. The summed E-state index contributed by atoms with van der Waals surface area (Å²) in [4.78, 5) is 26.7. The van der Waals surface area contributed by atoms with E-state index in [2.05, 4.69) is 20.7 Å². The van der Waals surface area contributed by atoms with E-state index in [0.29, 0.717) is 19.6 Å². The van der Waals surface area contributed by atoms with E-state index in [0.717, 1.165) is 9.88 Å². The fourth-order valence-electron chi connectivity index (χ4n) is 1.55. The molecule has 0 unspecified atom stereocenters. The van der Waals surface area contributed by atoms with Gasteiger partial charge in [-0.05, 0) is 6.92 Å². The van der Waals surface area contributed by atoms with E-state index < -0.39 is 4.92 Å². The van der Waals surface area contributed by atoms with Crippen molar-refractivity contribution in [1.82, 2.24) is 25.4 Å². The number of amides is 2. The second-order valence-corrected chi connectivity index (χ2v) is 5.51. The molecule has 2 N–H and O–H groups in total. The molecule has 21 heavy (non-hydrogen) atoms. The molecule has 0 spiro atoms. The predicted octanol–water partition coefficient (Wildman–Crippen LogP) is 1.06. The molecular weight excluding hydrogens is 296 g/mol. The van der Waals surface area contributed by atoms with Gasteiger partial charge in [0, 0.05) is 17.6 Å². The third kappa shape index (κ3) is 4.53. The molecule has 2 aromatic rings. The molecule has 0 saturated carbocycles. The maximum atomic E-state index is 11.5. The third-order valence-corrected chi connectivity index (χ3v) is 3.44. The Kier molecular flexibility index (Phi) is 4.82. The second kappa shape index (κ2) is 6.79. The Morgan fingerprint density at radius 2 is 2.29 bits per heavy atom. The summed E-state index contributed by atoms with van der Waals surface area (Å²) in [6.45, 7) is 3.00. The van der Waals surface area contributed by atoms with E-state index in [1.807, 2.05) is 6.92 Å². The summed E-state index contributed by atoms with van der Waals surface area (Å²) in [5.41, 5.74) is -0.0707. The number of aryl methyl sites for hydroxylation is 1. The van der Waals surface area contributed by atoms with Gasteiger partial charge in [0.1, 0.15) is 17.4 Å². The lowest BCUT2D eigenvalue weighted by atomic mass is 10.6. The van der Waals surface area contributed by atoms with Gasteiger partial charge < -0.3 is 10.6 Å². The summed E-state index contributed by atoms with van der Waals surface area (Å²) >= 11 is 1.52. The van der Waals surface area contributed by atoms with Crippen molar-refractivity contribution in [2.24, 2.45) is 0 Å². The fraction of sp³-hybridized carbons (Fsp3) is 0.364. The van der Waals surface area contributed by atoms with E-state index >= 15 is 0 Å². The molecule has 2 aromatic heterocycles. The minimum atomic E-state index is -0.514. The molecule has 2 rings (SSSR count). The Morgan fingerprint density at radius 1 is 1.48 bits per heavy atom. The number of nitrogens with zero attached hydrogens (tertiary/aromatic N) is 4. The first kappa shape index (κ1) is 14.9. The molecule has 0 aliphatic carbocycles. The number of carbonyl (C=O) groups is 1. The van der Waals surface area contributed by atoms with Crippen molar-refractivity contribution in [1.29, 1.82) is 0 Å². The summed E-state index contributed by atoms with van der Waals surface area (Å²) in [6.07, 6.45) is 4.24. The number of carbonyl (C=O) groups excluding carboxylic acids is 1. The Bertz CT molecular complexity index is 637. The van der Waals surface area contributed by atoms with Crippen LogP contribution in [0.5, 0.6) is 0 Å². The van der Waals surface area contributed by atoms with Crippen LogP contribution in [-0.2, 0) is 13.1 Å². The van der Waals surface area contributed by atoms with Crippen molar-refractivity contribution in [2.75, 3.05) is 6.54 Å². The molecule has 0 aromatic carbocycles. The lowest BCUT2D eigenvalue weighted by Crippen LogP contribution is -2.36. The zero-order chi connectivity index (χ0) is 15.2. The summed E-state index contributed by atoms with van der Waals surface area (Å²) < 4.78 is 1.41. The molecule has 10 heteroatoms. The Morgan fingerprint density at radius 3 is 2.90 bits per heavy atom. The number of nitro groups is 1. The predicted molar refractivity (Wildman–Crippen MR) is 76.0 cm³/mol. The second-order valence-electron chi connectivity index (χ2n) is 4.19. The third-order valence-electron chi connectivity index (χ3n) is 2.53. The van der Waals surface area contributed by atoms with Crippen LogP contribution < -0.4 is 10.6 Å². The van der Waals surface area contributed by atoms with E-state index in [4.69, 9.17) is 0 Å². The van der Waals surface area contributed by atoms with Gasteiger partial charge in [-0.3, -0.25) is 14.8 Å². The molecule has 0 bridgehead atoms. The van der Waals surface area contributed by atoms with Crippen molar-refractivity contribution < 1.29 is 9.72 Å². The molecule has 0 aliphatic rings. The maximum absolute atomic E-state index is 11.5. The average molecular weight is 310 g/mol. The van der Waals surface area contributed by atoms with Gasteiger partial charge in [0.25, 0.3) is 0 Å². The van der Waals surface area contributed by atoms with Gasteiger partial charge >= 0.3 is 11.7 Å². The molecular formula is C11H14N6O3S. The van der Waals surface area contributed by atoms with E-state index in [9.17, 15) is 14.9 Å². The highest BCUT2D eigenvalue weighted by atomic mass is 32.1. The lowest BCUT2D eigenvalue weighted by molar-refractivity contribution is -0.385. The van der Waals surface area contributed by atoms with Gasteiger partial charge in [-0.2, -0.15) is 5.10 Å². The molecule has 2 amide bonds. The minimum Gasteiger partial charge on any atom is -0.336 e. The van der Waals surface area contributed by atoms with Crippen LogP contribution in [-0.4, -0.2) is 32.3 Å². The minimum absolute atomic E-state index is 0.0707. The highest BCUT2D eigenvalue weighted by Gasteiger charge is 2.08. The number of hydrogen-bond acceptors (Lipinski definition) is 6. The number of nitrogens with one attached hydrogen (secondary N) is 2. The van der Waals surface area contributed by atoms with Gasteiger partial charge in [-0.1, -0.05) is 0 Å². The standard InChI is InChI=1S/C11H14N6O3S/c1-8-4-13-10(21-8)6-14-11(18)12-2-3-16-7-9(5-15-16)17(19)20/h4-5,7H,2-3,6H2,1H3,(H2,12,14,18). The molecule has 0 aliphatic heterocycles. The van der Waals surface area contributed by atoms with Crippen LogP contribution in [0.2, 0.25) is 0 Å². The SMILES string of the molecule is Cc1cnc(CNC(=O)NCCn2cc([N+](=O)[O-])cn2)s1. The number of rotatable bonds is 6. The monoisotopic (exact) mass is 310 g/mol. The first-order valence-corrected chi connectivity index (χ1v) is 6.96. The molecule has 112 valence electrons. The van der Waals surface area contributed by atoms with E-state index in [1.54, 1.807) is 6.20 Å². The number of urea groups is 1. The van der Waals surface area contributed by atoms with Gasteiger partial charge in [0.05, 0.1) is 18.0 Å². The molecule has 0 saturated heterocycles. The summed E-state index contributed by atoms with van der Waals surface area (Å²) in [5.74, 6) is 0. The van der Waals surface area contributed by atoms with Crippen molar-refractivity contribution in [3.63, 3.8) is 0 Å². The Hall–Kier alpha value is -2.49. The maximum Gasteiger partial charge on any atom is 0.315 e. The average Bonchev–Trinajstić information content (AvgIpc) is 3.05. The van der Waals surface area contributed by atoms with Crippen LogP contribution in [0, 0.1) is 17.0 Å². The van der Waals surface area contributed by atoms with Gasteiger partial charge in [0.15, 0.2) is 0 Å². The largest absolute Gasteiger partial charge is 0.336 e. The topological polar surface area (TPSA) is 115 Å². The van der Waals surface area contributed by atoms with Gasteiger partial charge in [0.2, 0.25) is 0 Å². The van der Waals surface area contributed by atoms with E-state index in [-0.39, 0.29) is 11.7 Å². The smallest absolute Gasteiger partial charge is 0.315 e. The highest BCUT2D eigenvalue weighted by Crippen LogP contribution is 2.10. The van der Waals surface area contributed by atoms with Crippen molar-refractivity contribution >= 4 is 23.1 Å². The summed E-state index contributed by atoms with van der Waals surface area (Å²) in [7, 11) is 0. The van der Waals surface area contributed by atoms with Crippen LogP contribution in [0.1, 0.15) is 9.88 Å². The zero-order valence-corrected chi connectivity index (χ0v) is 12.1. The van der Waals surface area contributed by atoms with Crippen LogP contribution in [0.15, 0.2) is 18.6 Å². The van der Waals surface area contributed by atoms with Crippen LogP contribution >= 0.6 is 11.3 Å². The Balaban J connectivity index is 1.67. The molecule has 9 nitrogen and oxygen atoms in total. The Labute approximate surface area is 124 Å². The zero-order valence-electron chi connectivity index (χ0n) is 11.3. The van der Waals surface area contributed by atoms with Crippen molar-refractivity contribution in [3.8, 4) is 0 Å². The van der Waals surface area contributed by atoms with Crippen LogP contribution in [0.4, 0.5) is 10.5 Å². The van der Waals surface area contributed by atoms with E-state index in [1.165, 1.54) is 28.4 Å². The van der Waals surface area contributed by atoms with Crippen LogP contribution in [0.3, 0.4) is 0 Å². The molecule has 0 atom stereocenters.